The Hall–Kier alpha value is -1.64. The average Bonchev–Trinajstić information content (AvgIpc) is 2.51. The third kappa shape index (κ3) is 5.67. The first-order chi connectivity index (χ1) is 11.9. The minimum atomic E-state index is -6.48. The van der Waals surface area contributed by atoms with Gasteiger partial charge in [0.2, 0.25) is 0 Å². The normalized spacial score (nSPS) is 14.1. The van der Waals surface area contributed by atoms with Gasteiger partial charge in [0.05, 0.1) is 18.6 Å². The molecule has 0 saturated heterocycles. The third-order valence-electron chi connectivity index (χ3n) is 3.31. The van der Waals surface area contributed by atoms with Crippen LogP contribution in [0.15, 0.2) is 0 Å². The maximum absolute atomic E-state index is 12.6. The molecule has 0 aromatic rings. The summed E-state index contributed by atoms with van der Waals surface area (Å²) in [6.07, 6.45) is -13.0. The van der Waals surface area contributed by atoms with Gasteiger partial charge in [-0.1, -0.05) is 0 Å². The molecule has 0 amide bonds. The Morgan fingerprint density at radius 1 is 0.778 bits per heavy atom. The van der Waals surface area contributed by atoms with Gasteiger partial charge in [0, 0.05) is 0 Å². The molecular weight excluding hydrogens is 398 g/mol. The molecule has 0 spiro atoms. The molecule has 8 nitrogen and oxygen atoms in total. The maximum atomic E-state index is 12.6. The van der Waals surface area contributed by atoms with Gasteiger partial charge in [0.1, 0.15) is 13.2 Å². The summed E-state index contributed by atoms with van der Waals surface area (Å²) < 4.78 is 83.6. The number of aliphatic hydroxyl groups excluding tert-OH is 2. The van der Waals surface area contributed by atoms with Gasteiger partial charge >= 0.3 is 29.9 Å². The molecule has 0 heterocycles. The topological polar surface area (TPSA) is 134 Å². The number of aliphatic hydroxyl groups is 4. The van der Waals surface area contributed by atoms with E-state index in [1.165, 1.54) is 0 Å². The van der Waals surface area contributed by atoms with Gasteiger partial charge in [-0.05, 0) is 13.8 Å². The summed E-state index contributed by atoms with van der Waals surface area (Å²) in [5.74, 6) is -4.45. The van der Waals surface area contributed by atoms with Gasteiger partial charge in [0.25, 0.3) is 0 Å². The highest BCUT2D eigenvalue weighted by Gasteiger charge is 2.76. The zero-order valence-electron chi connectivity index (χ0n) is 14.0. The second kappa shape index (κ2) is 8.16. The fraction of sp³-hybridized carbons (Fsp3) is 0.846. The molecule has 0 atom stereocenters. The number of hydrogen-bond donors (Lipinski definition) is 4. The Kier molecular flexibility index (Phi) is 7.66. The summed E-state index contributed by atoms with van der Waals surface area (Å²) in [6, 6.07) is 0. The molecule has 0 aromatic carbocycles. The van der Waals surface area contributed by atoms with Crippen molar-refractivity contribution < 1.29 is 65.8 Å². The first kappa shape index (κ1) is 25.4. The van der Waals surface area contributed by atoms with Crippen LogP contribution in [-0.4, -0.2) is 82.3 Å². The lowest BCUT2D eigenvalue weighted by atomic mass is 9.92. The minimum Gasteiger partial charge on any atom is -0.463 e. The number of esters is 2. The molecule has 27 heavy (non-hydrogen) atoms. The number of alkyl halides is 6. The van der Waals surface area contributed by atoms with E-state index in [2.05, 4.69) is 9.47 Å². The van der Waals surface area contributed by atoms with E-state index >= 15 is 0 Å². The number of rotatable bonds is 8. The first-order valence-electron chi connectivity index (χ1n) is 7.02. The fourth-order valence-corrected chi connectivity index (χ4v) is 1.38. The maximum Gasteiger partial charge on any atom is 0.437 e. The largest absolute Gasteiger partial charge is 0.463 e. The van der Waals surface area contributed by atoms with Crippen LogP contribution < -0.4 is 0 Å². The second-order valence-corrected chi connectivity index (χ2v) is 6.23. The number of hydrogen-bond acceptors (Lipinski definition) is 8. The molecule has 0 radical (unpaired) electrons. The van der Waals surface area contributed by atoms with Crippen molar-refractivity contribution in [3.8, 4) is 0 Å². The lowest BCUT2D eigenvalue weighted by Crippen LogP contribution is -2.63. The van der Waals surface area contributed by atoms with Gasteiger partial charge in [-0.2, -0.15) is 26.3 Å². The number of carbonyl (C=O) groups is 2. The van der Waals surface area contributed by atoms with Crippen LogP contribution in [0.1, 0.15) is 13.8 Å². The standard InChI is InChI=1S/C13H18F6O8/c1-9(2,24)7(22)26-5-10(3-20,4-21)6-27-8(23)11(25,12(14,15)16)13(17,18)19/h20-21,24-25H,3-6H2,1-2H3. The molecular formula is C13H18F6O8. The molecule has 0 unspecified atom stereocenters. The highest BCUT2D eigenvalue weighted by Crippen LogP contribution is 2.44. The smallest absolute Gasteiger partial charge is 0.437 e. The van der Waals surface area contributed by atoms with Crippen LogP contribution in [0.4, 0.5) is 26.3 Å². The zero-order valence-corrected chi connectivity index (χ0v) is 14.0. The van der Waals surface area contributed by atoms with Gasteiger partial charge < -0.3 is 29.9 Å². The van der Waals surface area contributed by atoms with Crippen LogP contribution in [0, 0.1) is 5.41 Å². The van der Waals surface area contributed by atoms with Crippen LogP contribution in [0.2, 0.25) is 0 Å². The first-order valence-corrected chi connectivity index (χ1v) is 7.02. The summed E-state index contributed by atoms with van der Waals surface area (Å²) in [7, 11) is 0. The molecule has 0 aliphatic heterocycles. The van der Waals surface area contributed by atoms with Crippen molar-refractivity contribution in [2.45, 2.75) is 37.4 Å². The summed E-state index contributed by atoms with van der Waals surface area (Å²) in [6.45, 7) is -2.94. The average molecular weight is 416 g/mol. The Bertz CT molecular complexity index is 518. The lowest BCUT2D eigenvalue weighted by molar-refractivity contribution is -0.357. The van der Waals surface area contributed by atoms with Crippen molar-refractivity contribution in [3.63, 3.8) is 0 Å². The molecule has 0 bridgehead atoms. The highest BCUT2D eigenvalue weighted by atomic mass is 19.4. The molecule has 4 N–H and O–H groups in total. The monoisotopic (exact) mass is 416 g/mol. The number of halogens is 6. The summed E-state index contributed by atoms with van der Waals surface area (Å²) in [4.78, 5) is 22.7. The zero-order chi connectivity index (χ0) is 21.9. The van der Waals surface area contributed by atoms with Crippen LogP contribution >= 0.6 is 0 Å². The van der Waals surface area contributed by atoms with Crippen molar-refractivity contribution >= 4 is 11.9 Å². The van der Waals surface area contributed by atoms with Crippen molar-refractivity contribution in [2.24, 2.45) is 5.41 Å². The Labute approximate surface area is 148 Å². The van der Waals surface area contributed by atoms with Crippen LogP contribution in [0.3, 0.4) is 0 Å². The van der Waals surface area contributed by atoms with Crippen molar-refractivity contribution in [1.29, 1.82) is 0 Å². The summed E-state index contributed by atoms with van der Waals surface area (Å²) >= 11 is 0. The van der Waals surface area contributed by atoms with E-state index in [9.17, 15) is 51.3 Å². The van der Waals surface area contributed by atoms with Crippen molar-refractivity contribution in [2.75, 3.05) is 26.4 Å². The van der Waals surface area contributed by atoms with E-state index in [1.54, 1.807) is 0 Å². The van der Waals surface area contributed by atoms with E-state index in [0.717, 1.165) is 13.8 Å². The molecule has 0 rings (SSSR count). The van der Waals surface area contributed by atoms with E-state index in [-0.39, 0.29) is 0 Å². The molecule has 160 valence electrons. The van der Waals surface area contributed by atoms with Gasteiger partial charge in [-0.3, -0.25) is 0 Å². The van der Waals surface area contributed by atoms with Crippen molar-refractivity contribution in [1.82, 2.24) is 0 Å². The Balaban J connectivity index is 5.40. The number of carbonyl (C=O) groups excluding carboxylic acids is 2. The molecule has 0 aliphatic rings. The Morgan fingerprint density at radius 2 is 1.11 bits per heavy atom. The Morgan fingerprint density at radius 3 is 1.37 bits per heavy atom. The van der Waals surface area contributed by atoms with E-state index in [0.29, 0.717) is 0 Å². The quantitative estimate of drug-likeness (QED) is 0.312. The predicted octanol–water partition coefficient (Wildman–Crippen LogP) is -0.330. The number of ether oxygens (including phenoxy) is 2. The van der Waals surface area contributed by atoms with Crippen LogP contribution in [0.5, 0.6) is 0 Å². The van der Waals surface area contributed by atoms with Gasteiger partial charge in [0.15, 0.2) is 5.60 Å². The third-order valence-corrected chi connectivity index (χ3v) is 3.31. The molecule has 14 heteroatoms. The van der Waals surface area contributed by atoms with Crippen LogP contribution in [0.25, 0.3) is 0 Å². The summed E-state index contributed by atoms with van der Waals surface area (Å²) in [5, 5.41) is 36.6. The predicted molar refractivity (Wildman–Crippen MR) is 71.9 cm³/mol. The molecule has 0 aliphatic carbocycles. The second-order valence-electron chi connectivity index (χ2n) is 6.23. The van der Waals surface area contributed by atoms with E-state index in [4.69, 9.17) is 5.11 Å². The lowest BCUT2D eigenvalue weighted by Gasteiger charge is -2.33. The van der Waals surface area contributed by atoms with E-state index < -0.39 is 67.3 Å². The fourth-order valence-electron chi connectivity index (χ4n) is 1.38. The molecule has 0 saturated carbocycles. The molecule has 0 aromatic heterocycles. The minimum absolute atomic E-state index is 0.988. The van der Waals surface area contributed by atoms with Crippen LogP contribution in [-0.2, 0) is 19.1 Å². The van der Waals surface area contributed by atoms with Gasteiger partial charge in [-0.15, -0.1) is 0 Å². The highest BCUT2D eigenvalue weighted by molar-refractivity contribution is 5.81. The van der Waals surface area contributed by atoms with Gasteiger partial charge in [-0.25, -0.2) is 9.59 Å². The van der Waals surface area contributed by atoms with Crippen molar-refractivity contribution in [3.05, 3.63) is 0 Å². The summed E-state index contributed by atoms with van der Waals surface area (Å²) in [5.41, 5.74) is -10.1. The molecule has 0 fully saturated rings. The SMILES string of the molecule is CC(C)(O)C(=O)OCC(CO)(CO)COC(=O)C(O)(C(F)(F)F)C(F)(F)F. The van der Waals surface area contributed by atoms with E-state index in [1.807, 2.05) is 0 Å².